The molecule has 0 fully saturated rings. The molecule has 2 rings (SSSR count). The van der Waals surface area contributed by atoms with Crippen LogP contribution in [0.1, 0.15) is 21.5 Å². The third-order valence-electron chi connectivity index (χ3n) is 3.18. The molecule has 0 saturated carbocycles. The fourth-order valence-electron chi connectivity index (χ4n) is 1.86. The first kappa shape index (κ1) is 16.0. The summed E-state index contributed by atoms with van der Waals surface area (Å²) >= 11 is 0. The van der Waals surface area contributed by atoms with E-state index in [-0.39, 0.29) is 5.56 Å². The Labute approximate surface area is 130 Å². The summed E-state index contributed by atoms with van der Waals surface area (Å²) in [5.74, 6) is 0.652. The van der Waals surface area contributed by atoms with Crippen molar-refractivity contribution in [2.75, 3.05) is 6.26 Å². The molecule has 0 spiro atoms. The van der Waals surface area contributed by atoms with Crippen molar-refractivity contribution < 1.29 is 17.9 Å². The highest BCUT2D eigenvalue weighted by atomic mass is 32.2. The average Bonchev–Trinajstić information content (AvgIpc) is 2.43. The lowest BCUT2D eigenvalue weighted by atomic mass is 10.1. The molecule has 1 N–H and O–H groups in total. The predicted octanol–water partition coefficient (Wildman–Crippen LogP) is 2.79. The summed E-state index contributed by atoms with van der Waals surface area (Å²) in [6.45, 7) is 3.97. The molecule has 0 atom stereocenters. The monoisotopic (exact) mass is 319 g/mol. The summed E-state index contributed by atoms with van der Waals surface area (Å²) in [5.41, 5.74) is 2.42. The number of amides is 1. The van der Waals surface area contributed by atoms with Crippen LogP contribution in [-0.2, 0) is 10.0 Å². The quantitative estimate of drug-likeness (QED) is 0.940. The Bertz CT molecular complexity index is 795. The molecule has 0 aromatic heterocycles. The van der Waals surface area contributed by atoms with Gasteiger partial charge in [0.1, 0.15) is 11.5 Å². The highest BCUT2D eigenvalue weighted by Gasteiger charge is 2.11. The molecule has 0 bridgehead atoms. The van der Waals surface area contributed by atoms with Crippen molar-refractivity contribution >= 4 is 15.9 Å². The molecular weight excluding hydrogens is 302 g/mol. The number of hydrogen-bond donors (Lipinski definition) is 1. The molecule has 0 unspecified atom stereocenters. The van der Waals surface area contributed by atoms with Gasteiger partial charge in [0.05, 0.1) is 6.26 Å². The van der Waals surface area contributed by atoms with E-state index in [0.29, 0.717) is 5.75 Å². The molecule has 6 heteroatoms. The highest BCUT2D eigenvalue weighted by molar-refractivity contribution is 7.89. The summed E-state index contributed by atoms with van der Waals surface area (Å²) in [6.07, 6.45) is 0.933. The van der Waals surface area contributed by atoms with E-state index in [0.717, 1.165) is 23.1 Å². The van der Waals surface area contributed by atoms with Crippen molar-refractivity contribution in [3.05, 3.63) is 59.2 Å². The van der Waals surface area contributed by atoms with Gasteiger partial charge in [-0.3, -0.25) is 4.79 Å². The smallest absolute Gasteiger partial charge is 0.264 e. The average molecular weight is 319 g/mol. The van der Waals surface area contributed by atoms with Gasteiger partial charge < -0.3 is 4.74 Å². The van der Waals surface area contributed by atoms with Gasteiger partial charge in [-0.05, 0) is 55.3 Å². The Morgan fingerprint density at radius 3 is 2.27 bits per heavy atom. The Balaban J connectivity index is 2.16. The van der Waals surface area contributed by atoms with E-state index in [1.54, 1.807) is 12.1 Å². The molecule has 0 saturated heterocycles. The molecule has 2 aromatic carbocycles. The third-order valence-corrected chi connectivity index (χ3v) is 3.73. The van der Waals surface area contributed by atoms with Gasteiger partial charge in [0.2, 0.25) is 10.0 Å². The summed E-state index contributed by atoms with van der Waals surface area (Å²) in [7, 11) is -3.57. The minimum Gasteiger partial charge on any atom is -0.457 e. The molecule has 22 heavy (non-hydrogen) atoms. The van der Waals surface area contributed by atoms with Crippen LogP contribution in [0.25, 0.3) is 0 Å². The molecule has 2 aromatic rings. The van der Waals surface area contributed by atoms with E-state index in [4.69, 9.17) is 4.74 Å². The minimum absolute atomic E-state index is 0.249. The largest absolute Gasteiger partial charge is 0.457 e. The first-order chi connectivity index (χ1) is 10.3. The Morgan fingerprint density at radius 2 is 1.68 bits per heavy atom. The van der Waals surface area contributed by atoms with Crippen LogP contribution in [-0.4, -0.2) is 20.6 Å². The number of nitrogens with one attached hydrogen (secondary N) is 1. The van der Waals surface area contributed by atoms with Crippen molar-refractivity contribution in [2.24, 2.45) is 0 Å². The van der Waals surface area contributed by atoms with E-state index in [2.05, 4.69) is 0 Å². The number of sulfonamides is 1. The van der Waals surface area contributed by atoms with Crippen LogP contribution in [0.15, 0.2) is 42.5 Å². The second kappa shape index (κ2) is 6.19. The zero-order valence-corrected chi connectivity index (χ0v) is 13.4. The van der Waals surface area contributed by atoms with E-state index in [1.807, 2.05) is 36.8 Å². The van der Waals surface area contributed by atoms with Crippen molar-refractivity contribution in [1.29, 1.82) is 0 Å². The zero-order valence-electron chi connectivity index (χ0n) is 12.6. The lowest BCUT2D eigenvalue weighted by Crippen LogP contribution is -2.29. The number of rotatable bonds is 4. The van der Waals surface area contributed by atoms with Crippen LogP contribution in [0.5, 0.6) is 11.5 Å². The molecule has 0 aliphatic rings. The van der Waals surface area contributed by atoms with E-state index in [9.17, 15) is 13.2 Å². The second-order valence-corrected chi connectivity index (χ2v) is 6.78. The van der Waals surface area contributed by atoms with Crippen molar-refractivity contribution in [1.82, 2.24) is 4.72 Å². The predicted molar refractivity (Wildman–Crippen MR) is 84.7 cm³/mol. The Morgan fingerprint density at radius 1 is 1.05 bits per heavy atom. The highest BCUT2D eigenvalue weighted by Crippen LogP contribution is 2.26. The van der Waals surface area contributed by atoms with Crippen LogP contribution in [0.2, 0.25) is 0 Å². The van der Waals surface area contributed by atoms with E-state index >= 15 is 0 Å². The first-order valence-corrected chi connectivity index (χ1v) is 8.51. The fourth-order valence-corrected chi connectivity index (χ4v) is 2.32. The number of carbonyl (C=O) groups is 1. The van der Waals surface area contributed by atoms with Gasteiger partial charge in [0, 0.05) is 5.56 Å². The normalized spacial score (nSPS) is 11.0. The van der Waals surface area contributed by atoms with Crippen molar-refractivity contribution in [3.63, 3.8) is 0 Å². The number of aryl methyl sites for hydroxylation is 1. The molecule has 0 radical (unpaired) electrons. The number of ether oxygens (including phenoxy) is 1. The maximum absolute atomic E-state index is 11.7. The van der Waals surface area contributed by atoms with Gasteiger partial charge in [-0.15, -0.1) is 0 Å². The van der Waals surface area contributed by atoms with Gasteiger partial charge >= 0.3 is 0 Å². The van der Waals surface area contributed by atoms with E-state index in [1.165, 1.54) is 12.1 Å². The van der Waals surface area contributed by atoms with Gasteiger partial charge in [-0.2, -0.15) is 0 Å². The summed E-state index contributed by atoms with van der Waals surface area (Å²) in [5, 5.41) is 0. The van der Waals surface area contributed by atoms with E-state index < -0.39 is 15.9 Å². The maximum atomic E-state index is 11.7. The molecule has 1 amide bonds. The number of carbonyl (C=O) groups excluding carboxylic acids is 1. The second-order valence-electron chi connectivity index (χ2n) is 5.03. The van der Waals surface area contributed by atoms with Gasteiger partial charge in [0.25, 0.3) is 5.91 Å². The fraction of sp³-hybridized carbons (Fsp3) is 0.188. The van der Waals surface area contributed by atoms with Crippen LogP contribution in [0.3, 0.4) is 0 Å². The van der Waals surface area contributed by atoms with Crippen molar-refractivity contribution in [2.45, 2.75) is 13.8 Å². The lowest BCUT2D eigenvalue weighted by molar-refractivity contribution is 0.0981. The molecule has 0 aliphatic carbocycles. The van der Waals surface area contributed by atoms with Gasteiger partial charge in [-0.25, -0.2) is 13.1 Å². The molecular formula is C16H17NO4S. The van der Waals surface area contributed by atoms with Gasteiger partial charge in [0.15, 0.2) is 0 Å². The molecule has 5 nitrogen and oxygen atoms in total. The van der Waals surface area contributed by atoms with Crippen LogP contribution >= 0.6 is 0 Å². The van der Waals surface area contributed by atoms with Crippen molar-refractivity contribution in [3.8, 4) is 11.5 Å². The van der Waals surface area contributed by atoms with Crippen LogP contribution in [0.4, 0.5) is 0 Å². The molecule has 0 heterocycles. The molecule has 0 aliphatic heterocycles. The number of benzene rings is 2. The first-order valence-electron chi connectivity index (χ1n) is 6.62. The zero-order chi connectivity index (χ0) is 16.3. The summed E-state index contributed by atoms with van der Waals surface area (Å²) in [6, 6.07) is 12.1. The summed E-state index contributed by atoms with van der Waals surface area (Å²) in [4.78, 5) is 11.7. The SMILES string of the molecule is Cc1cccc(Oc2ccc(C(=O)NS(C)(=O)=O)cc2)c1C. The topological polar surface area (TPSA) is 72.5 Å². The lowest BCUT2D eigenvalue weighted by Gasteiger charge is -2.11. The Kier molecular flexibility index (Phi) is 4.51. The third kappa shape index (κ3) is 4.08. The van der Waals surface area contributed by atoms with Gasteiger partial charge in [-0.1, -0.05) is 12.1 Å². The summed E-state index contributed by atoms with van der Waals surface area (Å²) < 4.78 is 29.8. The maximum Gasteiger partial charge on any atom is 0.264 e. The Hall–Kier alpha value is -2.34. The standard InChI is InChI=1S/C16H17NO4S/c1-11-5-4-6-15(12(11)2)21-14-9-7-13(8-10-14)16(18)17-22(3,19)20/h4-10H,1-3H3,(H,17,18). The van der Waals surface area contributed by atoms with Crippen LogP contribution < -0.4 is 9.46 Å². The number of hydrogen-bond acceptors (Lipinski definition) is 4. The van der Waals surface area contributed by atoms with Crippen LogP contribution in [0, 0.1) is 13.8 Å². The molecule has 116 valence electrons. The minimum atomic E-state index is -3.57.